The molecule has 0 aliphatic carbocycles. The van der Waals surface area contributed by atoms with Crippen LogP contribution in [-0.2, 0) is 0 Å². The number of benzene rings is 2. The molecule has 1 aliphatic rings. The van der Waals surface area contributed by atoms with Gasteiger partial charge in [0.05, 0.1) is 24.3 Å². The summed E-state index contributed by atoms with van der Waals surface area (Å²) in [4.78, 5) is 12.5. The molecular weight excluding hydrogens is 350 g/mol. The molecule has 2 aromatic rings. The predicted molar refractivity (Wildman–Crippen MR) is 105 cm³/mol. The third kappa shape index (κ3) is 3.96. The fourth-order valence-corrected chi connectivity index (χ4v) is 3.30. The van der Waals surface area contributed by atoms with Crippen molar-refractivity contribution in [2.75, 3.05) is 18.5 Å². The third-order valence-corrected chi connectivity index (χ3v) is 4.52. The topological polar surface area (TPSA) is 47.6 Å². The summed E-state index contributed by atoms with van der Waals surface area (Å²) in [5, 5.41) is 3.93. The Morgan fingerprint density at radius 3 is 2.73 bits per heavy atom. The molecule has 2 aromatic carbocycles. The van der Waals surface area contributed by atoms with E-state index in [1.807, 2.05) is 43.3 Å². The molecule has 3 rings (SSSR count). The number of ketones is 1. The molecule has 138 valence electrons. The van der Waals surface area contributed by atoms with Crippen molar-refractivity contribution in [2.45, 2.75) is 33.2 Å². The van der Waals surface area contributed by atoms with Crippen LogP contribution in [0.4, 0.5) is 5.69 Å². The Hall–Kier alpha value is -2.20. The molecule has 0 amide bonds. The Balaban J connectivity index is 1.92. The van der Waals surface area contributed by atoms with Gasteiger partial charge in [-0.1, -0.05) is 37.6 Å². The van der Waals surface area contributed by atoms with E-state index < -0.39 is 0 Å². The minimum atomic E-state index is -0.145. The van der Waals surface area contributed by atoms with Crippen molar-refractivity contribution in [3.8, 4) is 11.5 Å². The maximum absolute atomic E-state index is 12.5. The Kier molecular flexibility index (Phi) is 5.72. The quantitative estimate of drug-likeness (QED) is 0.724. The van der Waals surface area contributed by atoms with E-state index in [1.165, 1.54) is 0 Å². The molecule has 0 saturated carbocycles. The lowest BCUT2D eigenvalue weighted by Crippen LogP contribution is -2.22. The van der Waals surface area contributed by atoms with E-state index >= 15 is 0 Å². The summed E-state index contributed by atoms with van der Waals surface area (Å²) in [6.07, 6.45) is 0.380. The summed E-state index contributed by atoms with van der Waals surface area (Å²) in [7, 11) is 0. The van der Waals surface area contributed by atoms with Crippen LogP contribution in [0, 0.1) is 5.92 Å². The van der Waals surface area contributed by atoms with E-state index in [0.717, 1.165) is 16.8 Å². The van der Waals surface area contributed by atoms with E-state index in [4.69, 9.17) is 21.1 Å². The van der Waals surface area contributed by atoms with Gasteiger partial charge < -0.3 is 14.8 Å². The molecule has 0 radical (unpaired) electrons. The lowest BCUT2D eigenvalue weighted by atomic mass is 9.92. The highest BCUT2D eigenvalue weighted by atomic mass is 35.5. The first-order valence-electron chi connectivity index (χ1n) is 8.97. The van der Waals surface area contributed by atoms with Crippen molar-refractivity contribution in [1.82, 2.24) is 0 Å². The standard InChI is InChI=1S/C21H24ClNO3/c1-4-25-20-10-14(9-16(22)21(20)26-12-13(2)3)18-11-19(24)15-7-5-6-8-17(15)23-18/h5-10,13,18,23H,4,11-12H2,1-3H3. The molecule has 1 aliphatic heterocycles. The lowest BCUT2D eigenvalue weighted by molar-refractivity contribution is 0.0972. The van der Waals surface area contributed by atoms with Crippen LogP contribution in [0.2, 0.25) is 5.02 Å². The molecule has 1 atom stereocenters. The predicted octanol–water partition coefficient (Wildman–Crippen LogP) is 5.51. The third-order valence-electron chi connectivity index (χ3n) is 4.24. The van der Waals surface area contributed by atoms with Crippen LogP contribution in [0.1, 0.15) is 49.2 Å². The summed E-state index contributed by atoms with van der Waals surface area (Å²) >= 11 is 6.49. The minimum absolute atomic E-state index is 0.124. The number of nitrogens with one attached hydrogen (secondary N) is 1. The van der Waals surface area contributed by atoms with Crippen molar-refractivity contribution in [2.24, 2.45) is 5.92 Å². The monoisotopic (exact) mass is 373 g/mol. The highest BCUT2D eigenvalue weighted by Crippen LogP contribution is 2.41. The van der Waals surface area contributed by atoms with Crippen molar-refractivity contribution < 1.29 is 14.3 Å². The van der Waals surface area contributed by atoms with Gasteiger partial charge >= 0.3 is 0 Å². The molecule has 1 heterocycles. The van der Waals surface area contributed by atoms with Gasteiger partial charge in [0, 0.05) is 17.7 Å². The highest BCUT2D eigenvalue weighted by molar-refractivity contribution is 6.32. The number of carbonyl (C=O) groups is 1. The fraction of sp³-hybridized carbons (Fsp3) is 0.381. The van der Waals surface area contributed by atoms with Crippen LogP contribution in [0.25, 0.3) is 0 Å². The molecule has 0 spiro atoms. The van der Waals surface area contributed by atoms with Gasteiger partial charge in [-0.15, -0.1) is 0 Å². The maximum atomic E-state index is 12.5. The Bertz CT molecular complexity index is 804. The summed E-state index contributed by atoms with van der Waals surface area (Å²) in [5.74, 6) is 1.69. The van der Waals surface area contributed by atoms with Crippen LogP contribution in [0.5, 0.6) is 11.5 Å². The molecule has 0 aromatic heterocycles. The van der Waals surface area contributed by atoms with E-state index in [-0.39, 0.29) is 11.8 Å². The molecule has 26 heavy (non-hydrogen) atoms. The summed E-state index contributed by atoms with van der Waals surface area (Å²) in [5.41, 5.74) is 2.50. The second kappa shape index (κ2) is 8.00. The second-order valence-electron chi connectivity index (χ2n) is 6.84. The first-order valence-corrected chi connectivity index (χ1v) is 9.35. The fourth-order valence-electron chi connectivity index (χ4n) is 3.03. The zero-order chi connectivity index (χ0) is 18.7. The van der Waals surface area contributed by atoms with E-state index in [1.54, 1.807) is 0 Å². The Morgan fingerprint density at radius 2 is 2.00 bits per heavy atom. The average molecular weight is 374 g/mol. The number of hydrogen-bond acceptors (Lipinski definition) is 4. The average Bonchev–Trinajstić information content (AvgIpc) is 2.61. The second-order valence-corrected chi connectivity index (χ2v) is 7.24. The normalized spacial score (nSPS) is 16.2. The van der Waals surface area contributed by atoms with Crippen LogP contribution in [0.3, 0.4) is 0 Å². The molecule has 4 nitrogen and oxygen atoms in total. The SMILES string of the molecule is CCOc1cc(C2CC(=O)c3ccccc3N2)cc(Cl)c1OCC(C)C. The van der Waals surface area contributed by atoms with Crippen molar-refractivity contribution in [1.29, 1.82) is 0 Å². The number of Topliss-reactive ketones (excluding diaryl/α,β-unsaturated/α-hetero) is 1. The molecule has 5 heteroatoms. The van der Waals surface area contributed by atoms with Gasteiger partial charge in [0.25, 0.3) is 0 Å². The van der Waals surface area contributed by atoms with Gasteiger partial charge in [0.1, 0.15) is 0 Å². The lowest BCUT2D eigenvalue weighted by Gasteiger charge is -2.27. The van der Waals surface area contributed by atoms with Gasteiger partial charge in [0.15, 0.2) is 17.3 Å². The number of rotatable bonds is 6. The highest BCUT2D eigenvalue weighted by Gasteiger charge is 2.27. The van der Waals surface area contributed by atoms with E-state index in [0.29, 0.717) is 42.1 Å². The number of fused-ring (bicyclic) bond motifs is 1. The van der Waals surface area contributed by atoms with Crippen LogP contribution in [-0.4, -0.2) is 19.0 Å². The van der Waals surface area contributed by atoms with Gasteiger partial charge in [-0.2, -0.15) is 0 Å². The van der Waals surface area contributed by atoms with Crippen molar-refractivity contribution >= 4 is 23.1 Å². The maximum Gasteiger partial charge on any atom is 0.179 e. The first kappa shape index (κ1) is 18.6. The number of anilines is 1. The van der Waals surface area contributed by atoms with Crippen molar-refractivity contribution in [3.63, 3.8) is 0 Å². The minimum Gasteiger partial charge on any atom is -0.490 e. The molecule has 0 fully saturated rings. The molecule has 0 bridgehead atoms. The summed E-state index contributed by atoms with van der Waals surface area (Å²) in [6.45, 7) is 7.16. The first-order chi connectivity index (χ1) is 12.5. The van der Waals surface area contributed by atoms with Gasteiger partial charge in [-0.25, -0.2) is 0 Å². The Labute approximate surface area is 159 Å². The molecule has 1 unspecified atom stereocenters. The van der Waals surface area contributed by atoms with Crippen LogP contribution < -0.4 is 14.8 Å². The van der Waals surface area contributed by atoms with Gasteiger partial charge in [0.2, 0.25) is 0 Å². The molecular formula is C21H24ClNO3. The largest absolute Gasteiger partial charge is 0.490 e. The summed E-state index contributed by atoms with van der Waals surface area (Å²) < 4.78 is 11.6. The van der Waals surface area contributed by atoms with Crippen molar-refractivity contribution in [3.05, 3.63) is 52.5 Å². The Morgan fingerprint density at radius 1 is 1.23 bits per heavy atom. The number of carbonyl (C=O) groups excluding carboxylic acids is 1. The zero-order valence-electron chi connectivity index (χ0n) is 15.3. The van der Waals surface area contributed by atoms with Gasteiger partial charge in [-0.05, 0) is 42.7 Å². The van der Waals surface area contributed by atoms with Gasteiger partial charge in [-0.3, -0.25) is 4.79 Å². The molecule has 0 saturated heterocycles. The van der Waals surface area contributed by atoms with Crippen LogP contribution in [0.15, 0.2) is 36.4 Å². The number of para-hydroxylation sites is 1. The number of halogens is 1. The zero-order valence-corrected chi connectivity index (χ0v) is 16.1. The van der Waals surface area contributed by atoms with E-state index in [9.17, 15) is 4.79 Å². The number of ether oxygens (including phenoxy) is 2. The van der Waals surface area contributed by atoms with Crippen LogP contribution >= 0.6 is 11.6 Å². The smallest absolute Gasteiger partial charge is 0.179 e. The number of hydrogen-bond donors (Lipinski definition) is 1. The molecule has 1 N–H and O–H groups in total. The van der Waals surface area contributed by atoms with E-state index in [2.05, 4.69) is 19.2 Å². The summed E-state index contributed by atoms with van der Waals surface area (Å²) in [6, 6.07) is 11.2.